The number of thioether (sulfide) groups is 1. The van der Waals surface area contributed by atoms with E-state index in [0.29, 0.717) is 40.7 Å². The van der Waals surface area contributed by atoms with Crippen LogP contribution < -0.4 is 15.6 Å². The monoisotopic (exact) mass is 397 g/mol. The van der Waals surface area contributed by atoms with Crippen LogP contribution in [0.3, 0.4) is 0 Å². The van der Waals surface area contributed by atoms with Crippen LogP contribution in [-0.2, 0) is 4.74 Å². The first-order chi connectivity index (χ1) is 13.7. The van der Waals surface area contributed by atoms with Crippen LogP contribution >= 0.6 is 11.8 Å². The molecule has 0 spiro atoms. The number of alkyl carbamates (subject to hydrolysis) is 1. The lowest BCUT2D eigenvalue weighted by Gasteiger charge is -2.15. The molecule has 3 aromatic rings. The van der Waals surface area contributed by atoms with E-state index in [1.165, 1.54) is 11.8 Å². The van der Waals surface area contributed by atoms with E-state index in [2.05, 4.69) is 10.3 Å². The van der Waals surface area contributed by atoms with E-state index in [1.54, 1.807) is 10.6 Å². The number of fused-ring (bicyclic) bond motifs is 1. The zero-order valence-electron chi connectivity index (χ0n) is 15.3. The molecule has 4 rings (SSSR count). The standard InChI is InChI=1S/C20H19N3O4S/c1-2-26-14-9-7-13(8-10-14)23-18(24)16-5-3-4-6-17(16)22-19(23)28-12-15-11-21-20(25)27-15/h3-10,15H,2,11-12H2,1H3,(H,21,25)/t15-/m1/s1. The van der Waals surface area contributed by atoms with Gasteiger partial charge in [-0.1, -0.05) is 23.9 Å². The molecular weight excluding hydrogens is 378 g/mol. The predicted molar refractivity (Wildman–Crippen MR) is 108 cm³/mol. The Morgan fingerprint density at radius 3 is 2.71 bits per heavy atom. The van der Waals surface area contributed by atoms with Gasteiger partial charge in [0.25, 0.3) is 5.56 Å². The van der Waals surface area contributed by atoms with E-state index < -0.39 is 6.09 Å². The number of hydrogen-bond donors (Lipinski definition) is 1. The van der Waals surface area contributed by atoms with Gasteiger partial charge in [-0.2, -0.15) is 0 Å². The maximum Gasteiger partial charge on any atom is 0.407 e. The van der Waals surface area contributed by atoms with Gasteiger partial charge in [-0.25, -0.2) is 9.78 Å². The Labute approximate surface area is 165 Å². The second kappa shape index (κ2) is 7.93. The topological polar surface area (TPSA) is 82.4 Å². The van der Waals surface area contributed by atoms with Gasteiger partial charge in [0.2, 0.25) is 0 Å². The molecule has 1 fully saturated rings. The molecule has 0 bridgehead atoms. The number of nitrogens with one attached hydrogen (secondary N) is 1. The quantitative estimate of drug-likeness (QED) is 0.509. The first kappa shape index (κ1) is 18.4. The second-order valence-corrected chi connectivity index (χ2v) is 7.19. The number of nitrogens with zero attached hydrogens (tertiary/aromatic N) is 2. The number of benzene rings is 2. The third-order valence-corrected chi connectivity index (χ3v) is 5.37. The summed E-state index contributed by atoms with van der Waals surface area (Å²) in [6.07, 6.45) is -0.671. The molecule has 1 aromatic heterocycles. The Kier molecular flexibility index (Phi) is 5.21. The lowest BCUT2D eigenvalue weighted by molar-refractivity contribution is 0.150. The minimum Gasteiger partial charge on any atom is -0.494 e. The van der Waals surface area contributed by atoms with Gasteiger partial charge in [-0.3, -0.25) is 9.36 Å². The fourth-order valence-corrected chi connectivity index (χ4v) is 3.99. The van der Waals surface area contributed by atoms with E-state index in [9.17, 15) is 9.59 Å². The van der Waals surface area contributed by atoms with Crippen molar-refractivity contribution in [2.24, 2.45) is 0 Å². The molecule has 1 atom stereocenters. The number of amides is 1. The number of ether oxygens (including phenoxy) is 2. The van der Waals surface area contributed by atoms with Crippen molar-refractivity contribution in [2.75, 3.05) is 18.9 Å². The number of aromatic nitrogens is 2. The number of cyclic esters (lactones) is 1. The van der Waals surface area contributed by atoms with Crippen molar-refractivity contribution in [1.29, 1.82) is 0 Å². The molecule has 0 saturated carbocycles. The van der Waals surface area contributed by atoms with Crippen LogP contribution in [-0.4, -0.2) is 40.7 Å². The van der Waals surface area contributed by atoms with E-state index in [0.717, 1.165) is 5.75 Å². The molecule has 2 heterocycles. The number of para-hydroxylation sites is 1. The highest BCUT2D eigenvalue weighted by Gasteiger charge is 2.24. The summed E-state index contributed by atoms with van der Waals surface area (Å²) in [5, 5.41) is 3.74. The number of hydrogen-bond acceptors (Lipinski definition) is 6. The highest BCUT2D eigenvalue weighted by molar-refractivity contribution is 7.99. The zero-order valence-corrected chi connectivity index (χ0v) is 16.1. The summed E-state index contributed by atoms with van der Waals surface area (Å²) in [4.78, 5) is 29.1. The molecule has 2 aromatic carbocycles. The minimum absolute atomic E-state index is 0.140. The Hall–Kier alpha value is -3.00. The molecule has 1 saturated heterocycles. The van der Waals surface area contributed by atoms with Crippen molar-refractivity contribution in [1.82, 2.24) is 14.9 Å². The van der Waals surface area contributed by atoms with Gasteiger partial charge in [0.15, 0.2) is 5.16 Å². The average molecular weight is 397 g/mol. The SMILES string of the molecule is CCOc1ccc(-n2c(SC[C@H]3CNC(=O)O3)nc3ccccc3c2=O)cc1. The first-order valence-corrected chi connectivity index (χ1v) is 9.96. The molecule has 1 N–H and O–H groups in total. The number of carbonyl (C=O) groups excluding carboxylic acids is 1. The molecule has 1 aliphatic rings. The van der Waals surface area contributed by atoms with Crippen molar-refractivity contribution in [2.45, 2.75) is 18.2 Å². The average Bonchev–Trinajstić information content (AvgIpc) is 3.13. The maximum absolute atomic E-state index is 13.2. The van der Waals surface area contributed by atoms with Crippen LogP contribution in [0, 0.1) is 0 Å². The van der Waals surface area contributed by atoms with E-state index in [1.807, 2.05) is 49.4 Å². The summed E-state index contributed by atoms with van der Waals surface area (Å²) in [5.41, 5.74) is 1.20. The predicted octanol–water partition coefficient (Wildman–Crippen LogP) is 2.98. The molecule has 0 radical (unpaired) electrons. The van der Waals surface area contributed by atoms with Crippen LogP contribution in [0.25, 0.3) is 16.6 Å². The van der Waals surface area contributed by atoms with Crippen molar-refractivity contribution >= 4 is 28.8 Å². The second-order valence-electron chi connectivity index (χ2n) is 6.20. The summed E-state index contributed by atoms with van der Waals surface area (Å²) >= 11 is 1.39. The maximum atomic E-state index is 13.2. The third kappa shape index (κ3) is 3.68. The molecular formula is C20H19N3O4S. The summed E-state index contributed by atoms with van der Waals surface area (Å²) in [6, 6.07) is 14.6. The van der Waals surface area contributed by atoms with Crippen LogP contribution in [0.2, 0.25) is 0 Å². The van der Waals surface area contributed by atoms with E-state index in [-0.39, 0.29) is 11.7 Å². The fourth-order valence-electron chi connectivity index (χ4n) is 2.99. The summed E-state index contributed by atoms with van der Waals surface area (Å²) in [7, 11) is 0. The van der Waals surface area contributed by atoms with Crippen LogP contribution in [0.15, 0.2) is 58.5 Å². The largest absolute Gasteiger partial charge is 0.494 e. The fraction of sp³-hybridized carbons (Fsp3) is 0.250. The van der Waals surface area contributed by atoms with Gasteiger partial charge in [0.05, 0.1) is 29.7 Å². The van der Waals surface area contributed by atoms with Crippen molar-refractivity contribution in [3.8, 4) is 11.4 Å². The zero-order chi connectivity index (χ0) is 19.5. The first-order valence-electron chi connectivity index (χ1n) is 8.98. The van der Waals surface area contributed by atoms with Crippen LogP contribution in [0.5, 0.6) is 5.75 Å². The van der Waals surface area contributed by atoms with Crippen LogP contribution in [0.4, 0.5) is 4.79 Å². The van der Waals surface area contributed by atoms with Crippen LogP contribution in [0.1, 0.15) is 6.92 Å². The molecule has 8 heteroatoms. The minimum atomic E-state index is -0.416. The lowest BCUT2D eigenvalue weighted by Crippen LogP contribution is -2.23. The molecule has 1 amide bonds. The number of carbonyl (C=O) groups is 1. The van der Waals surface area contributed by atoms with Gasteiger partial charge >= 0.3 is 6.09 Å². The Morgan fingerprint density at radius 1 is 1.21 bits per heavy atom. The Bertz CT molecular complexity index is 1070. The van der Waals surface area contributed by atoms with Gasteiger partial charge in [-0.05, 0) is 43.3 Å². The molecule has 1 aliphatic heterocycles. The summed E-state index contributed by atoms with van der Waals surface area (Å²) < 4.78 is 12.3. The van der Waals surface area contributed by atoms with E-state index in [4.69, 9.17) is 9.47 Å². The molecule has 0 aliphatic carbocycles. The number of rotatable bonds is 6. The van der Waals surface area contributed by atoms with Gasteiger partial charge in [0, 0.05) is 5.75 Å². The Morgan fingerprint density at radius 2 is 2.00 bits per heavy atom. The van der Waals surface area contributed by atoms with Gasteiger partial charge in [-0.15, -0.1) is 0 Å². The van der Waals surface area contributed by atoms with Gasteiger partial charge in [0.1, 0.15) is 11.9 Å². The van der Waals surface area contributed by atoms with Gasteiger partial charge < -0.3 is 14.8 Å². The van der Waals surface area contributed by atoms with Crippen molar-refractivity contribution in [3.05, 3.63) is 58.9 Å². The highest BCUT2D eigenvalue weighted by Crippen LogP contribution is 2.24. The molecule has 28 heavy (non-hydrogen) atoms. The third-order valence-electron chi connectivity index (χ3n) is 4.30. The molecule has 144 valence electrons. The lowest BCUT2D eigenvalue weighted by atomic mass is 10.2. The Balaban J connectivity index is 1.74. The molecule has 0 unspecified atom stereocenters. The normalized spacial score (nSPS) is 16.0. The smallest absolute Gasteiger partial charge is 0.407 e. The summed E-state index contributed by atoms with van der Waals surface area (Å²) in [5.74, 6) is 1.24. The highest BCUT2D eigenvalue weighted by atomic mass is 32.2. The summed E-state index contributed by atoms with van der Waals surface area (Å²) in [6.45, 7) is 2.95. The van der Waals surface area contributed by atoms with E-state index >= 15 is 0 Å². The molecule has 7 nitrogen and oxygen atoms in total. The van der Waals surface area contributed by atoms with Crippen molar-refractivity contribution in [3.63, 3.8) is 0 Å². The van der Waals surface area contributed by atoms with Crippen molar-refractivity contribution < 1.29 is 14.3 Å².